The number of nitrogens with one attached hydrogen (secondary N) is 1. The van der Waals surface area contributed by atoms with Gasteiger partial charge < -0.3 is 15.0 Å². The van der Waals surface area contributed by atoms with Crippen molar-refractivity contribution in [3.8, 4) is 5.75 Å². The standard InChI is InChI=1S/C26H28BrN3O3/c1-4-18-14-28-20(11-17-7-5-16(2)6-8-17)13-21(18)25(31)29-22-15-33-24-10-9-19(27)12-23(24)30(3)26(22)32/h5-10,12-13,18,22H,4,11,14-15H2,1-3H3,(H,29,31). The molecule has 0 aromatic heterocycles. The smallest absolute Gasteiger partial charge is 0.252 e. The lowest BCUT2D eigenvalue weighted by Crippen LogP contribution is -2.50. The minimum atomic E-state index is -0.772. The maximum atomic E-state index is 13.3. The van der Waals surface area contributed by atoms with Gasteiger partial charge in [0.25, 0.3) is 5.91 Å². The van der Waals surface area contributed by atoms with E-state index in [9.17, 15) is 9.59 Å². The number of aryl methyl sites for hydroxylation is 1. The highest BCUT2D eigenvalue weighted by atomic mass is 79.9. The molecule has 2 atom stereocenters. The van der Waals surface area contributed by atoms with E-state index in [4.69, 9.17) is 9.73 Å². The number of allylic oxidation sites excluding steroid dienone is 1. The number of carbonyl (C=O) groups is 2. The normalized spacial score (nSPS) is 20.2. The molecule has 0 saturated carbocycles. The van der Waals surface area contributed by atoms with Crippen LogP contribution in [0.2, 0.25) is 0 Å². The van der Waals surface area contributed by atoms with Gasteiger partial charge >= 0.3 is 0 Å². The molecule has 4 rings (SSSR count). The van der Waals surface area contributed by atoms with Crippen LogP contribution < -0.4 is 15.0 Å². The van der Waals surface area contributed by atoms with Crippen molar-refractivity contribution in [2.45, 2.75) is 32.7 Å². The van der Waals surface area contributed by atoms with Crippen LogP contribution in [0.15, 0.2) is 63.6 Å². The Morgan fingerprint density at radius 2 is 2.00 bits per heavy atom. The van der Waals surface area contributed by atoms with Gasteiger partial charge in [-0.15, -0.1) is 0 Å². The summed E-state index contributed by atoms with van der Waals surface area (Å²) in [6.07, 6.45) is 3.37. The highest BCUT2D eigenvalue weighted by Crippen LogP contribution is 2.33. The van der Waals surface area contributed by atoms with E-state index in [1.807, 2.05) is 24.3 Å². The molecule has 0 radical (unpaired) electrons. The number of hydrogen-bond acceptors (Lipinski definition) is 4. The van der Waals surface area contributed by atoms with Gasteiger partial charge in [0.05, 0.1) is 5.69 Å². The van der Waals surface area contributed by atoms with E-state index in [0.29, 0.717) is 30.0 Å². The Morgan fingerprint density at radius 3 is 2.73 bits per heavy atom. The fourth-order valence-electron chi connectivity index (χ4n) is 4.11. The molecule has 2 amide bonds. The zero-order valence-electron chi connectivity index (χ0n) is 19.1. The molecule has 0 aliphatic carbocycles. The van der Waals surface area contributed by atoms with Crippen molar-refractivity contribution in [1.82, 2.24) is 5.32 Å². The topological polar surface area (TPSA) is 71.0 Å². The summed E-state index contributed by atoms with van der Waals surface area (Å²) in [4.78, 5) is 32.6. The first kappa shape index (κ1) is 23.2. The number of ether oxygens (including phenoxy) is 1. The van der Waals surface area contributed by atoms with Crippen molar-refractivity contribution in [1.29, 1.82) is 0 Å². The first-order valence-corrected chi connectivity index (χ1v) is 12.0. The second-order valence-electron chi connectivity index (χ2n) is 8.55. The highest BCUT2D eigenvalue weighted by Gasteiger charge is 2.33. The monoisotopic (exact) mass is 509 g/mol. The van der Waals surface area contributed by atoms with Crippen molar-refractivity contribution in [3.63, 3.8) is 0 Å². The SMILES string of the molecule is CCC1CN=C(Cc2ccc(C)cc2)C=C1C(=O)NC1COc2ccc(Br)cc2N(C)C1=O. The summed E-state index contributed by atoms with van der Waals surface area (Å²) in [6, 6.07) is 13.1. The Morgan fingerprint density at radius 1 is 1.24 bits per heavy atom. The number of hydrogen-bond donors (Lipinski definition) is 1. The minimum absolute atomic E-state index is 0.0273. The van der Waals surface area contributed by atoms with Crippen molar-refractivity contribution >= 4 is 39.1 Å². The van der Waals surface area contributed by atoms with Crippen LogP contribution in [0, 0.1) is 12.8 Å². The van der Waals surface area contributed by atoms with Crippen LogP contribution in [0.1, 0.15) is 24.5 Å². The third-order valence-electron chi connectivity index (χ3n) is 6.16. The van der Waals surface area contributed by atoms with Crippen LogP contribution in [0.25, 0.3) is 0 Å². The number of carbonyl (C=O) groups excluding carboxylic acids is 2. The molecular weight excluding hydrogens is 482 g/mol. The first-order chi connectivity index (χ1) is 15.9. The third-order valence-corrected chi connectivity index (χ3v) is 6.65. The van der Waals surface area contributed by atoms with Gasteiger partial charge in [0, 0.05) is 41.7 Å². The summed E-state index contributed by atoms with van der Waals surface area (Å²) in [5.41, 5.74) is 4.59. The fourth-order valence-corrected chi connectivity index (χ4v) is 4.46. The van der Waals surface area contributed by atoms with Gasteiger partial charge in [0.2, 0.25) is 5.91 Å². The van der Waals surface area contributed by atoms with Crippen LogP contribution in [0.5, 0.6) is 5.75 Å². The molecular formula is C26H28BrN3O3. The molecule has 2 aromatic rings. The summed E-state index contributed by atoms with van der Waals surface area (Å²) in [6.45, 7) is 4.77. The van der Waals surface area contributed by atoms with Crippen molar-refractivity contribution in [3.05, 3.63) is 69.7 Å². The first-order valence-electron chi connectivity index (χ1n) is 11.2. The van der Waals surface area contributed by atoms with E-state index in [1.54, 1.807) is 7.05 Å². The highest BCUT2D eigenvalue weighted by molar-refractivity contribution is 9.10. The number of fused-ring (bicyclic) bond motifs is 1. The van der Waals surface area contributed by atoms with E-state index in [-0.39, 0.29) is 24.3 Å². The van der Waals surface area contributed by atoms with Gasteiger partial charge in [0.1, 0.15) is 18.4 Å². The Labute approximate surface area is 202 Å². The summed E-state index contributed by atoms with van der Waals surface area (Å²) >= 11 is 3.44. The average Bonchev–Trinajstić information content (AvgIpc) is 2.92. The van der Waals surface area contributed by atoms with Crippen molar-refractivity contribution in [2.75, 3.05) is 25.1 Å². The van der Waals surface area contributed by atoms with Crippen LogP contribution in [0.4, 0.5) is 5.69 Å². The summed E-state index contributed by atoms with van der Waals surface area (Å²) in [5.74, 6) is 0.194. The lowest BCUT2D eigenvalue weighted by Gasteiger charge is -2.25. The molecule has 172 valence electrons. The largest absolute Gasteiger partial charge is 0.489 e. The lowest BCUT2D eigenvalue weighted by atomic mass is 9.90. The molecule has 2 aromatic carbocycles. The molecule has 7 heteroatoms. The molecule has 0 bridgehead atoms. The van der Waals surface area contributed by atoms with Gasteiger partial charge in [-0.05, 0) is 43.2 Å². The number of halogens is 1. The Bertz CT molecular complexity index is 1120. The molecule has 2 aliphatic rings. The van der Waals surface area contributed by atoms with Gasteiger partial charge in [0.15, 0.2) is 0 Å². The number of dihydropyridines is 1. The number of anilines is 1. The Hall–Kier alpha value is -2.93. The summed E-state index contributed by atoms with van der Waals surface area (Å²) < 4.78 is 6.72. The zero-order chi connectivity index (χ0) is 23.5. The van der Waals surface area contributed by atoms with Crippen molar-refractivity contribution in [2.24, 2.45) is 10.9 Å². The molecule has 0 saturated heterocycles. The van der Waals surface area contributed by atoms with E-state index in [1.165, 1.54) is 10.5 Å². The summed E-state index contributed by atoms with van der Waals surface area (Å²) in [7, 11) is 1.70. The predicted octanol–water partition coefficient (Wildman–Crippen LogP) is 4.25. The maximum absolute atomic E-state index is 13.3. The van der Waals surface area contributed by atoms with Crippen LogP contribution >= 0.6 is 15.9 Å². The molecule has 6 nitrogen and oxygen atoms in total. The van der Waals surface area contributed by atoms with Gasteiger partial charge in [-0.3, -0.25) is 14.6 Å². The van der Waals surface area contributed by atoms with Crippen LogP contribution in [-0.4, -0.2) is 43.8 Å². The molecule has 2 aliphatic heterocycles. The second-order valence-corrected chi connectivity index (χ2v) is 9.46. The summed E-state index contributed by atoms with van der Waals surface area (Å²) in [5, 5.41) is 2.92. The average molecular weight is 510 g/mol. The number of nitrogens with zero attached hydrogens (tertiary/aromatic N) is 2. The molecule has 2 heterocycles. The second kappa shape index (κ2) is 9.91. The number of rotatable bonds is 5. The fraction of sp³-hybridized carbons (Fsp3) is 0.346. The molecule has 2 unspecified atom stereocenters. The Kier molecular flexibility index (Phi) is 6.98. The maximum Gasteiger partial charge on any atom is 0.252 e. The van der Waals surface area contributed by atoms with E-state index >= 15 is 0 Å². The van der Waals surface area contributed by atoms with Crippen LogP contribution in [0.3, 0.4) is 0 Å². The Balaban J connectivity index is 1.51. The third kappa shape index (κ3) is 5.19. The van der Waals surface area contributed by atoms with Gasteiger partial charge in [-0.1, -0.05) is 52.7 Å². The van der Waals surface area contributed by atoms with E-state index < -0.39 is 6.04 Å². The number of likely N-dealkylation sites (N-methyl/N-ethyl adjacent to an activating group) is 1. The molecule has 1 N–H and O–H groups in total. The van der Waals surface area contributed by atoms with E-state index in [0.717, 1.165) is 22.2 Å². The van der Waals surface area contributed by atoms with Gasteiger partial charge in [-0.2, -0.15) is 0 Å². The minimum Gasteiger partial charge on any atom is -0.489 e. The molecule has 33 heavy (non-hydrogen) atoms. The van der Waals surface area contributed by atoms with Gasteiger partial charge in [-0.25, -0.2) is 0 Å². The quantitative estimate of drug-likeness (QED) is 0.654. The predicted molar refractivity (Wildman–Crippen MR) is 134 cm³/mol. The number of aliphatic imine (C=N–C) groups is 1. The van der Waals surface area contributed by atoms with Crippen molar-refractivity contribution < 1.29 is 14.3 Å². The van der Waals surface area contributed by atoms with E-state index in [2.05, 4.69) is 59.4 Å². The lowest BCUT2D eigenvalue weighted by molar-refractivity contribution is -0.126. The number of benzene rings is 2. The van der Waals surface area contributed by atoms with Crippen LogP contribution in [-0.2, 0) is 16.0 Å². The zero-order valence-corrected chi connectivity index (χ0v) is 20.7. The molecule has 0 fully saturated rings. The molecule has 0 spiro atoms. The number of amides is 2.